The summed E-state index contributed by atoms with van der Waals surface area (Å²) in [5.41, 5.74) is 5.80. The molecule has 0 saturated heterocycles. The number of anilines is 1. The Labute approximate surface area is 142 Å². The molecule has 10 heteroatoms. The zero-order chi connectivity index (χ0) is 17.6. The molecule has 4 rings (SSSR count). The zero-order valence-electron chi connectivity index (χ0n) is 12.4. The van der Waals surface area contributed by atoms with Gasteiger partial charge in [0.25, 0.3) is 0 Å². The highest BCUT2D eigenvalue weighted by molar-refractivity contribution is 7.19. The number of nitrogens with zero attached hydrogens (tertiary/aromatic N) is 5. The van der Waals surface area contributed by atoms with Crippen LogP contribution in [-0.4, -0.2) is 24.6 Å². The Morgan fingerprint density at radius 3 is 2.64 bits per heavy atom. The first kappa shape index (κ1) is 15.5. The van der Waals surface area contributed by atoms with Crippen LogP contribution in [0.4, 0.5) is 19.0 Å². The summed E-state index contributed by atoms with van der Waals surface area (Å²) in [6.07, 6.45) is 1.45. The summed E-state index contributed by atoms with van der Waals surface area (Å²) < 4.78 is 40.6. The van der Waals surface area contributed by atoms with Gasteiger partial charge < -0.3 is 5.73 Å². The fraction of sp³-hybridized carbons (Fsp3) is 0.0667. The Hall–Kier alpha value is -3.01. The van der Waals surface area contributed by atoms with Crippen LogP contribution >= 0.6 is 11.3 Å². The number of hydrogen-bond acceptors (Lipinski definition) is 6. The van der Waals surface area contributed by atoms with E-state index >= 15 is 0 Å². The molecular formula is C15H9F3N6S. The largest absolute Gasteiger partial charge is 0.419 e. The molecule has 0 unspecified atom stereocenters. The Kier molecular flexibility index (Phi) is 3.42. The third kappa shape index (κ3) is 2.70. The molecule has 0 aliphatic rings. The SMILES string of the molecule is Nc1ncc(-c2cnc3sc(-c4cccnc4)nn23)cc1C(F)(F)F. The predicted molar refractivity (Wildman–Crippen MR) is 86.7 cm³/mol. The van der Waals surface area contributed by atoms with Crippen molar-refractivity contribution in [3.8, 4) is 21.8 Å². The van der Waals surface area contributed by atoms with Crippen molar-refractivity contribution < 1.29 is 13.2 Å². The van der Waals surface area contributed by atoms with Gasteiger partial charge in [-0.2, -0.15) is 18.3 Å². The third-order valence-electron chi connectivity index (χ3n) is 3.51. The van der Waals surface area contributed by atoms with Crippen LogP contribution < -0.4 is 5.73 Å². The fourth-order valence-corrected chi connectivity index (χ4v) is 3.20. The lowest BCUT2D eigenvalue weighted by atomic mass is 10.1. The normalized spacial score (nSPS) is 12.0. The third-order valence-corrected chi connectivity index (χ3v) is 4.49. The van der Waals surface area contributed by atoms with Crippen molar-refractivity contribution in [1.82, 2.24) is 24.6 Å². The first-order valence-corrected chi connectivity index (χ1v) is 7.83. The van der Waals surface area contributed by atoms with E-state index in [9.17, 15) is 13.2 Å². The molecule has 0 amide bonds. The van der Waals surface area contributed by atoms with Crippen LogP contribution in [-0.2, 0) is 6.18 Å². The Bertz CT molecular complexity index is 1050. The lowest BCUT2D eigenvalue weighted by Gasteiger charge is -2.10. The van der Waals surface area contributed by atoms with E-state index in [1.807, 2.05) is 6.07 Å². The molecule has 4 aromatic rings. The lowest BCUT2D eigenvalue weighted by Crippen LogP contribution is -2.10. The van der Waals surface area contributed by atoms with Crippen molar-refractivity contribution in [1.29, 1.82) is 0 Å². The van der Waals surface area contributed by atoms with E-state index in [1.165, 1.54) is 28.2 Å². The van der Waals surface area contributed by atoms with Gasteiger partial charge in [0.15, 0.2) is 0 Å². The van der Waals surface area contributed by atoms with Gasteiger partial charge in [-0.1, -0.05) is 11.3 Å². The van der Waals surface area contributed by atoms with Crippen LogP contribution in [0.15, 0.2) is 43.0 Å². The molecule has 2 N–H and O–H groups in total. The monoisotopic (exact) mass is 362 g/mol. The first-order valence-electron chi connectivity index (χ1n) is 7.01. The Balaban J connectivity index is 1.84. The predicted octanol–water partition coefficient (Wildman–Crippen LogP) is 3.52. The second-order valence-electron chi connectivity index (χ2n) is 5.14. The number of imidazole rings is 1. The Morgan fingerprint density at radius 2 is 1.92 bits per heavy atom. The number of fused-ring (bicyclic) bond motifs is 1. The molecule has 0 saturated carbocycles. The van der Waals surface area contributed by atoms with Crippen LogP contribution in [0.2, 0.25) is 0 Å². The molecule has 0 aliphatic carbocycles. The maximum absolute atomic E-state index is 13.0. The van der Waals surface area contributed by atoms with Crippen molar-refractivity contribution in [3.05, 3.63) is 48.5 Å². The molecule has 0 radical (unpaired) electrons. The minimum Gasteiger partial charge on any atom is -0.383 e. The van der Waals surface area contributed by atoms with Crippen molar-refractivity contribution in [2.75, 3.05) is 5.73 Å². The van der Waals surface area contributed by atoms with Gasteiger partial charge in [-0.25, -0.2) is 14.5 Å². The Morgan fingerprint density at radius 1 is 1.08 bits per heavy atom. The summed E-state index contributed by atoms with van der Waals surface area (Å²) >= 11 is 1.31. The zero-order valence-corrected chi connectivity index (χ0v) is 13.2. The molecular weight excluding hydrogens is 353 g/mol. The van der Waals surface area contributed by atoms with Gasteiger partial charge in [0, 0.05) is 29.7 Å². The van der Waals surface area contributed by atoms with Crippen LogP contribution in [0.25, 0.3) is 26.8 Å². The van der Waals surface area contributed by atoms with E-state index in [0.717, 1.165) is 11.6 Å². The second-order valence-corrected chi connectivity index (χ2v) is 6.10. The van der Waals surface area contributed by atoms with Crippen LogP contribution in [0.3, 0.4) is 0 Å². The van der Waals surface area contributed by atoms with E-state index in [-0.39, 0.29) is 5.56 Å². The minimum atomic E-state index is -4.58. The van der Waals surface area contributed by atoms with Crippen molar-refractivity contribution >= 4 is 22.1 Å². The number of alkyl halides is 3. The maximum Gasteiger partial charge on any atom is 0.419 e. The highest BCUT2D eigenvalue weighted by Crippen LogP contribution is 2.35. The number of hydrogen-bond donors (Lipinski definition) is 1. The first-order chi connectivity index (χ1) is 11.9. The number of nitrogens with two attached hydrogens (primary N) is 1. The summed E-state index contributed by atoms with van der Waals surface area (Å²) in [5.74, 6) is -0.564. The quantitative estimate of drug-likeness (QED) is 0.590. The average Bonchev–Trinajstić information content (AvgIpc) is 3.16. The van der Waals surface area contributed by atoms with E-state index < -0.39 is 17.6 Å². The van der Waals surface area contributed by atoms with Gasteiger partial charge in [0.05, 0.1) is 17.5 Å². The molecule has 0 spiro atoms. The number of pyridine rings is 2. The molecule has 0 atom stereocenters. The summed E-state index contributed by atoms with van der Waals surface area (Å²) in [7, 11) is 0. The van der Waals surface area contributed by atoms with E-state index in [2.05, 4.69) is 20.1 Å². The molecule has 0 bridgehead atoms. The van der Waals surface area contributed by atoms with Gasteiger partial charge in [-0.3, -0.25) is 4.98 Å². The lowest BCUT2D eigenvalue weighted by molar-refractivity contribution is -0.137. The van der Waals surface area contributed by atoms with Gasteiger partial charge in [0.1, 0.15) is 10.8 Å². The summed E-state index contributed by atoms with van der Waals surface area (Å²) in [6.45, 7) is 0. The van der Waals surface area contributed by atoms with E-state index in [0.29, 0.717) is 15.7 Å². The highest BCUT2D eigenvalue weighted by Gasteiger charge is 2.34. The maximum atomic E-state index is 13.0. The number of rotatable bonds is 2. The van der Waals surface area contributed by atoms with Gasteiger partial charge in [0.2, 0.25) is 4.96 Å². The van der Waals surface area contributed by atoms with E-state index in [4.69, 9.17) is 5.73 Å². The molecule has 4 heterocycles. The van der Waals surface area contributed by atoms with Gasteiger partial charge >= 0.3 is 6.18 Å². The average molecular weight is 362 g/mol. The summed E-state index contributed by atoms with van der Waals surface area (Å²) in [4.78, 5) is 12.5. The standard InChI is InChI=1S/C15H9F3N6S/c16-15(17,18)10-4-9(6-21-12(10)19)11-7-22-14-24(11)23-13(25-14)8-2-1-3-20-5-8/h1-7H,(H2,19,21). The number of aromatic nitrogens is 5. The molecule has 0 fully saturated rings. The smallest absolute Gasteiger partial charge is 0.383 e. The molecule has 4 aromatic heterocycles. The highest BCUT2D eigenvalue weighted by atomic mass is 32.1. The summed E-state index contributed by atoms with van der Waals surface area (Å²) in [6, 6.07) is 4.58. The minimum absolute atomic E-state index is 0.233. The van der Waals surface area contributed by atoms with Crippen LogP contribution in [0.1, 0.15) is 5.56 Å². The summed E-state index contributed by atoms with van der Waals surface area (Å²) in [5, 5.41) is 5.09. The molecule has 0 aliphatic heterocycles. The number of halogens is 3. The topological polar surface area (TPSA) is 82.0 Å². The number of nitrogen functional groups attached to an aromatic ring is 1. The van der Waals surface area contributed by atoms with Crippen LogP contribution in [0.5, 0.6) is 0 Å². The molecule has 126 valence electrons. The van der Waals surface area contributed by atoms with Gasteiger partial charge in [-0.15, -0.1) is 0 Å². The molecule has 6 nitrogen and oxygen atoms in total. The van der Waals surface area contributed by atoms with Crippen LogP contribution in [0, 0.1) is 0 Å². The van der Waals surface area contributed by atoms with Crippen molar-refractivity contribution in [2.24, 2.45) is 0 Å². The second kappa shape index (κ2) is 5.52. The van der Waals surface area contributed by atoms with Crippen molar-refractivity contribution in [3.63, 3.8) is 0 Å². The van der Waals surface area contributed by atoms with Gasteiger partial charge in [-0.05, 0) is 18.2 Å². The van der Waals surface area contributed by atoms with Crippen molar-refractivity contribution in [2.45, 2.75) is 6.18 Å². The van der Waals surface area contributed by atoms with E-state index in [1.54, 1.807) is 18.5 Å². The molecule has 0 aromatic carbocycles. The fourth-order valence-electron chi connectivity index (χ4n) is 2.34. The molecule has 25 heavy (non-hydrogen) atoms.